The summed E-state index contributed by atoms with van der Waals surface area (Å²) in [6.07, 6.45) is 2.15. The van der Waals surface area contributed by atoms with E-state index in [4.69, 9.17) is 5.73 Å². The molecule has 3 heteroatoms. The maximum atomic E-state index is 13.8. The molecule has 88 valence electrons. The molecule has 0 heterocycles. The summed E-state index contributed by atoms with van der Waals surface area (Å²) >= 11 is 0. The summed E-state index contributed by atoms with van der Waals surface area (Å²) in [5.74, 6) is -0.158. The number of hydrogen-bond donors (Lipinski definition) is 1. The Morgan fingerprint density at radius 1 is 1.38 bits per heavy atom. The molecule has 16 heavy (non-hydrogen) atoms. The van der Waals surface area contributed by atoms with Gasteiger partial charge in [0.1, 0.15) is 5.82 Å². The topological polar surface area (TPSA) is 29.3 Å². The maximum absolute atomic E-state index is 13.8. The van der Waals surface area contributed by atoms with Crippen molar-refractivity contribution in [1.82, 2.24) is 0 Å². The molecule has 0 saturated heterocycles. The summed E-state index contributed by atoms with van der Waals surface area (Å²) in [7, 11) is 3.69. The van der Waals surface area contributed by atoms with Gasteiger partial charge in [0, 0.05) is 25.6 Å². The standard InChI is InChI=1S/C13H19FN2/c1-9(15)13(6-7-13)10-4-5-12(16(2)3)11(14)8-10/h4-5,8-9H,6-7,15H2,1-3H3. The monoisotopic (exact) mass is 222 g/mol. The van der Waals surface area contributed by atoms with Crippen LogP contribution < -0.4 is 10.6 Å². The van der Waals surface area contributed by atoms with E-state index >= 15 is 0 Å². The van der Waals surface area contributed by atoms with Crippen LogP contribution in [-0.2, 0) is 5.41 Å². The Morgan fingerprint density at radius 2 is 2.00 bits per heavy atom. The number of anilines is 1. The second-order valence-electron chi connectivity index (χ2n) is 5.01. The SMILES string of the molecule is CC(N)C1(c2ccc(N(C)C)c(F)c2)CC1. The number of halogens is 1. The number of nitrogens with zero attached hydrogens (tertiary/aromatic N) is 1. The summed E-state index contributed by atoms with van der Waals surface area (Å²) in [6.45, 7) is 2.00. The Labute approximate surface area is 96.2 Å². The molecule has 0 radical (unpaired) electrons. The van der Waals surface area contributed by atoms with Crippen LogP contribution in [0.5, 0.6) is 0 Å². The average Bonchev–Trinajstić information content (AvgIpc) is 2.97. The fourth-order valence-electron chi connectivity index (χ4n) is 2.32. The van der Waals surface area contributed by atoms with Gasteiger partial charge in [-0.05, 0) is 37.5 Å². The van der Waals surface area contributed by atoms with Crippen molar-refractivity contribution in [2.45, 2.75) is 31.2 Å². The number of nitrogens with two attached hydrogens (primary N) is 1. The Morgan fingerprint density at radius 3 is 2.38 bits per heavy atom. The summed E-state index contributed by atoms with van der Waals surface area (Å²) in [4.78, 5) is 1.78. The molecule has 1 aromatic rings. The van der Waals surface area contributed by atoms with Crippen molar-refractivity contribution in [1.29, 1.82) is 0 Å². The van der Waals surface area contributed by atoms with Crippen molar-refractivity contribution in [2.75, 3.05) is 19.0 Å². The van der Waals surface area contributed by atoms with E-state index in [0.717, 1.165) is 18.4 Å². The molecule has 1 aliphatic carbocycles. The molecule has 1 atom stereocenters. The first-order valence-corrected chi connectivity index (χ1v) is 5.70. The van der Waals surface area contributed by atoms with Gasteiger partial charge in [-0.1, -0.05) is 6.07 Å². The van der Waals surface area contributed by atoms with Crippen molar-refractivity contribution < 1.29 is 4.39 Å². The summed E-state index contributed by atoms with van der Waals surface area (Å²) in [5, 5.41) is 0. The Bertz CT molecular complexity index is 395. The van der Waals surface area contributed by atoms with Gasteiger partial charge in [0.25, 0.3) is 0 Å². The summed E-state index contributed by atoms with van der Waals surface area (Å²) in [6, 6.07) is 5.59. The highest BCUT2D eigenvalue weighted by Crippen LogP contribution is 2.50. The minimum Gasteiger partial charge on any atom is -0.375 e. The molecule has 0 spiro atoms. The van der Waals surface area contributed by atoms with E-state index < -0.39 is 0 Å². The van der Waals surface area contributed by atoms with Gasteiger partial charge < -0.3 is 10.6 Å². The second-order valence-corrected chi connectivity index (χ2v) is 5.01. The molecule has 2 nitrogen and oxygen atoms in total. The van der Waals surface area contributed by atoms with Crippen molar-refractivity contribution in [2.24, 2.45) is 5.73 Å². The quantitative estimate of drug-likeness (QED) is 0.850. The third-order valence-electron chi connectivity index (χ3n) is 3.66. The molecular formula is C13H19FN2. The van der Waals surface area contributed by atoms with Crippen LogP contribution in [0.15, 0.2) is 18.2 Å². The predicted octanol–water partition coefficient (Wildman–Crippen LogP) is 2.27. The van der Waals surface area contributed by atoms with Crippen LogP contribution in [0.3, 0.4) is 0 Å². The zero-order valence-corrected chi connectivity index (χ0v) is 10.1. The van der Waals surface area contributed by atoms with Crippen LogP contribution in [0, 0.1) is 5.82 Å². The minimum absolute atomic E-state index is 0.0334. The van der Waals surface area contributed by atoms with Crippen LogP contribution in [0.2, 0.25) is 0 Å². The molecule has 1 unspecified atom stereocenters. The smallest absolute Gasteiger partial charge is 0.146 e. The molecule has 2 N–H and O–H groups in total. The van der Waals surface area contributed by atoms with E-state index in [1.54, 1.807) is 11.0 Å². The van der Waals surface area contributed by atoms with Gasteiger partial charge in [-0.15, -0.1) is 0 Å². The lowest BCUT2D eigenvalue weighted by Gasteiger charge is -2.22. The van der Waals surface area contributed by atoms with Gasteiger partial charge in [-0.2, -0.15) is 0 Å². The minimum atomic E-state index is -0.158. The fourth-order valence-corrected chi connectivity index (χ4v) is 2.32. The van der Waals surface area contributed by atoms with Gasteiger partial charge in [0.05, 0.1) is 5.69 Å². The molecule has 0 aliphatic heterocycles. The molecule has 0 bridgehead atoms. The highest BCUT2D eigenvalue weighted by atomic mass is 19.1. The Balaban J connectivity index is 2.35. The van der Waals surface area contributed by atoms with E-state index in [-0.39, 0.29) is 17.3 Å². The molecule has 2 rings (SSSR count). The normalized spacial score (nSPS) is 19.3. The zero-order valence-electron chi connectivity index (χ0n) is 10.1. The maximum Gasteiger partial charge on any atom is 0.146 e. The van der Waals surface area contributed by atoms with E-state index in [9.17, 15) is 4.39 Å². The highest BCUT2D eigenvalue weighted by Gasteiger charge is 2.47. The van der Waals surface area contributed by atoms with Crippen LogP contribution >= 0.6 is 0 Å². The van der Waals surface area contributed by atoms with Crippen molar-refractivity contribution in [3.05, 3.63) is 29.6 Å². The van der Waals surface area contributed by atoms with Crippen molar-refractivity contribution in [3.8, 4) is 0 Å². The molecule has 0 aromatic heterocycles. The summed E-state index contributed by atoms with van der Waals surface area (Å²) < 4.78 is 13.8. The van der Waals surface area contributed by atoms with E-state index in [1.807, 2.05) is 33.2 Å². The number of hydrogen-bond acceptors (Lipinski definition) is 2. The largest absolute Gasteiger partial charge is 0.375 e. The first kappa shape index (κ1) is 11.4. The van der Waals surface area contributed by atoms with Crippen molar-refractivity contribution >= 4 is 5.69 Å². The molecule has 1 aliphatic rings. The highest BCUT2D eigenvalue weighted by molar-refractivity contribution is 5.50. The van der Waals surface area contributed by atoms with Crippen molar-refractivity contribution in [3.63, 3.8) is 0 Å². The van der Waals surface area contributed by atoms with E-state index in [2.05, 4.69) is 0 Å². The summed E-state index contributed by atoms with van der Waals surface area (Å²) in [5.41, 5.74) is 7.69. The lowest BCUT2D eigenvalue weighted by molar-refractivity contribution is 0.548. The third-order valence-corrected chi connectivity index (χ3v) is 3.66. The second kappa shape index (κ2) is 3.74. The number of benzene rings is 1. The predicted molar refractivity (Wildman–Crippen MR) is 65.3 cm³/mol. The molecule has 0 amide bonds. The zero-order chi connectivity index (χ0) is 11.9. The van der Waals surface area contributed by atoms with Gasteiger partial charge >= 0.3 is 0 Å². The van der Waals surface area contributed by atoms with Crippen LogP contribution in [0.4, 0.5) is 10.1 Å². The molecule has 1 fully saturated rings. The number of rotatable bonds is 3. The Kier molecular flexibility index (Phi) is 2.66. The van der Waals surface area contributed by atoms with Gasteiger partial charge in [-0.3, -0.25) is 0 Å². The lowest BCUT2D eigenvalue weighted by Crippen LogP contribution is -2.31. The first-order valence-electron chi connectivity index (χ1n) is 5.70. The van der Waals surface area contributed by atoms with Gasteiger partial charge in [0.15, 0.2) is 0 Å². The third kappa shape index (κ3) is 1.69. The van der Waals surface area contributed by atoms with Crippen LogP contribution in [0.1, 0.15) is 25.3 Å². The fraction of sp³-hybridized carbons (Fsp3) is 0.538. The molecular weight excluding hydrogens is 203 g/mol. The van der Waals surface area contributed by atoms with Crippen LogP contribution in [-0.4, -0.2) is 20.1 Å². The lowest BCUT2D eigenvalue weighted by atomic mass is 9.89. The van der Waals surface area contributed by atoms with Gasteiger partial charge in [0.2, 0.25) is 0 Å². The molecule has 1 aromatic carbocycles. The van der Waals surface area contributed by atoms with E-state index in [0.29, 0.717) is 5.69 Å². The van der Waals surface area contributed by atoms with Crippen LogP contribution in [0.25, 0.3) is 0 Å². The van der Waals surface area contributed by atoms with Gasteiger partial charge in [-0.25, -0.2) is 4.39 Å². The molecule has 1 saturated carbocycles. The Hall–Kier alpha value is -1.09. The van der Waals surface area contributed by atoms with E-state index in [1.165, 1.54) is 0 Å². The average molecular weight is 222 g/mol. The first-order chi connectivity index (χ1) is 7.47.